The molecule has 2 rings (SSSR count). The van der Waals surface area contributed by atoms with Crippen molar-refractivity contribution in [1.29, 1.82) is 0 Å². The van der Waals surface area contributed by atoms with Gasteiger partial charge in [-0.3, -0.25) is 0 Å². The molecule has 3 heteroatoms. The van der Waals surface area contributed by atoms with Gasteiger partial charge >= 0.3 is 0 Å². The predicted octanol–water partition coefficient (Wildman–Crippen LogP) is 2.65. The summed E-state index contributed by atoms with van der Waals surface area (Å²) < 4.78 is 0. The Morgan fingerprint density at radius 1 is 1.18 bits per heavy atom. The Morgan fingerprint density at radius 2 is 1.95 bits per heavy atom. The van der Waals surface area contributed by atoms with Gasteiger partial charge in [0.2, 0.25) is 0 Å². The Balaban J connectivity index is 1.73. The van der Waals surface area contributed by atoms with Crippen molar-refractivity contribution in [2.75, 3.05) is 46.9 Å². The van der Waals surface area contributed by atoms with Gasteiger partial charge < -0.3 is 14.9 Å². The van der Waals surface area contributed by atoms with Crippen LogP contribution in [-0.4, -0.2) is 61.8 Å². The Labute approximate surface area is 135 Å². The van der Waals surface area contributed by atoms with Crippen molar-refractivity contribution < 1.29 is 5.11 Å². The van der Waals surface area contributed by atoms with E-state index in [1.807, 2.05) is 0 Å². The lowest BCUT2D eigenvalue weighted by molar-refractivity contribution is 0.0131. The van der Waals surface area contributed by atoms with E-state index in [9.17, 15) is 5.11 Å². The molecule has 1 aromatic rings. The number of aliphatic hydroxyl groups is 1. The van der Waals surface area contributed by atoms with E-state index in [0.717, 1.165) is 19.5 Å². The zero-order valence-electron chi connectivity index (χ0n) is 14.3. The highest BCUT2D eigenvalue weighted by Gasteiger charge is 2.35. The van der Waals surface area contributed by atoms with Crippen LogP contribution in [0.2, 0.25) is 0 Å². The molecule has 1 unspecified atom stereocenters. The fraction of sp³-hybridized carbons (Fsp3) is 0.684. The summed E-state index contributed by atoms with van der Waals surface area (Å²) in [6.07, 6.45) is 6.05. The van der Waals surface area contributed by atoms with Crippen LogP contribution in [-0.2, 0) is 6.42 Å². The molecular weight excluding hydrogens is 272 g/mol. The van der Waals surface area contributed by atoms with Gasteiger partial charge in [-0.25, -0.2) is 0 Å². The summed E-state index contributed by atoms with van der Waals surface area (Å²) in [4.78, 5) is 4.78. The number of aryl methyl sites for hydroxylation is 1. The number of unbranched alkanes of at least 4 members (excludes halogenated alkanes) is 1. The molecule has 3 nitrogen and oxygen atoms in total. The van der Waals surface area contributed by atoms with Gasteiger partial charge in [-0.2, -0.15) is 0 Å². The first-order chi connectivity index (χ1) is 10.6. The molecular formula is C19H32N2O. The topological polar surface area (TPSA) is 26.7 Å². The lowest BCUT2D eigenvalue weighted by atomic mass is 9.80. The predicted molar refractivity (Wildman–Crippen MR) is 93.1 cm³/mol. The molecule has 1 N–H and O–H groups in total. The van der Waals surface area contributed by atoms with Crippen LogP contribution in [0.4, 0.5) is 0 Å². The van der Waals surface area contributed by atoms with Crippen molar-refractivity contribution in [3.63, 3.8) is 0 Å². The lowest BCUT2D eigenvalue weighted by Crippen LogP contribution is -2.50. The molecule has 0 radical (unpaired) electrons. The van der Waals surface area contributed by atoms with E-state index in [2.05, 4.69) is 54.2 Å². The van der Waals surface area contributed by atoms with Crippen LogP contribution in [0.15, 0.2) is 30.3 Å². The van der Waals surface area contributed by atoms with Crippen molar-refractivity contribution in [3.8, 4) is 0 Å². The van der Waals surface area contributed by atoms with E-state index in [4.69, 9.17) is 0 Å². The number of rotatable bonds is 8. The molecule has 1 aliphatic heterocycles. The molecule has 1 heterocycles. The van der Waals surface area contributed by atoms with Crippen LogP contribution in [0.5, 0.6) is 0 Å². The number of piperidine rings is 1. The van der Waals surface area contributed by atoms with E-state index in [1.165, 1.54) is 44.3 Å². The van der Waals surface area contributed by atoms with Crippen molar-refractivity contribution >= 4 is 0 Å². The molecule has 0 aliphatic carbocycles. The standard InChI is InChI=1S/C19H32N2O/c1-20(2)15-19(17-22)12-8-14-21(16-19)13-7-6-11-18-9-4-3-5-10-18/h3-5,9-10,22H,6-8,11-17H2,1-2H3. The maximum Gasteiger partial charge on any atom is 0.0512 e. The Morgan fingerprint density at radius 3 is 2.64 bits per heavy atom. The van der Waals surface area contributed by atoms with Crippen molar-refractivity contribution in [3.05, 3.63) is 35.9 Å². The highest BCUT2D eigenvalue weighted by molar-refractivity contribution is 5.14. The third-order valence-corrected chi connectivity index (χ3v) is 4.76. The largest absolute Gasteiger partial charge is 0.396 e. The Kier molecular flexibility index (Phi) is 6.87. The fourth-order valence-electron chi connectivity index (χ4n) is 3.79. The minimum absolute atomic E-state index is 0.0845. The number of hydrogen-bond donors (Lipinski definition) is 1. The molecule has 0 amide bonds. The third kappa shape index (κ3) is 5.38. The van der Waals surface area contributed by atoms with Crippen molar-refractivity contribution in [1.82, 2.24) is 9.80 Å². The minimum atomic E-state index is 0.0845. The molecule has 1 saturated heterocycles. The second-order valence-electron chi connectivity index (χ2n) is 7.22. The average molecular weight is 304 g/mol. The van der Waals surface area contributed by atoms with Crippen molar-refractivity contribution in [2.24, 2.45) is 5.41 Å². The van der Waals surface area contributed by atoms with Crippen LogP contribution in [0.1, 0.15) is 31.2 Å². The van der Waals surface area contributed by atoms with Gasteiger partial charge in [0, 0.05) is 18.5 Å². The smallest absolute Gasteiger partial charge is 0.0512 e. The van der Waals surface area contributed by atoms with E-state index < -0.39 is 0 Å². The fourth-order valence-corrected chi connectivity index (χ4v) is 3.79. The van der Waals surface area contributed by atoms with Crippen LogP contribution >= 0.6 is 0 Å². The number of hydrogen-bond acceptors (Lipinski definition) is 3. The molecule has 0 spiro atoms. The van der Waals surface area contributed by atoms with Crippen LogP contribution < -0.4 is 0 Å². The zero-order chi connectivity index (χ0) is 15.8. The van der Waals surface area contributed by atoms with Gasteiger partial charge in [0.25, 0.3) is 0 Å². The highest BCUT2D eigenvalue weighted by atomic mass is 16.3. The van der Waals surface area contributed by atoms with Crippen LogP contribution in [0.3, 0.4) is 0 Å². The molecule has 1 fully saturated rings. The summed E-state index contributed by atoms with van der Waals surface area (Å²) in [5, 5.41) is 9.88. The number of aliphatic hydroxyl groups excluding tert-OH is 1. The SMILES string of the molecule is CN(C)CC1(CO)CCCN(CCCCc2ccccc2)C1. The first kappa shape index (κ1) is 17.5. The summed E-state index contributed by atoms with van der Waals surface area (Å²) in [7, 11) is 4.21. The molecule has 1 atom stereocenters. The highest BCUT2D eigenvalue weighted by Crippen LogP contribution is 2.30. The van der Waals surface area contributed by atoms with Gasteiger partial charge in [-0.15, -0.1) is 0 Å². The van der Waals surface area contributed by atoms with E-state index in [0.29, 0.717) is 6.61 Å². The maximum atomic E-state index is 9.88. The minimum Gasteiger partial charge on any atom is -0.396 e. The number of benzene rings is 1. The molecule has 1 aromatic carbocycles. The van der Waals surface area contributed by atoms with Gasteiger partial charge in [0.05, 0.1) is 6.61 Å². The van der Waals surface area contributed by atoms with Crippen LogP contribution in [0.25, 0.3) is 0 Å². The molecule has 124 valence electrons. The summed E-state index contributed by atoms with van der Waals surface area (Å²) >= 11 is 0. The second kappa shape index (κ2) is 8.66. The molecule has 0 bridgehead atoms. The number of nitrogens with zero attached hydrogens (tertiary/aromatic N) is 2. The normalized spacial score (nSPS) is 23.1. The zero-order valence-corrected chi connectivity index (χ0v) is 14.3. The maximum absolute atomic E-state index is 9.88. The second-order valence-corrected chi connectivity index (χ2v) is 7.22. The van der Waals surface area contributed by atoms with Crippen LogP contribution in [0, 0.1) is 5.41 Å². The van der Waals surface area contributed by atoms with Gasteiger partial charge in [-0.05, 0) is 64.9 Å². The molecule has 0 aromatic heterocycles. The first-order valence-electron chi connectivity index (χ1n) is 8.65. The Hall–Kier alpha value is -0.900. The molecule has 0 saturated carbocycles. The van der Waals surface area contributed by atoms with E-state index in [1.54, 1.807) is 0 Å². The molecule has 22 heavy (non-hydrogen) atoms. The van der Waals surface area contributed by atoms with E-state index >= 15 is 0 Å². The first-order valence-corrected chi connectivity index (χ1v) is 8.65. The van der Waals surface area contributed by atoms with Gasteiger partial charge in [-0.1, -0.05) is 30.3 Å². The molecule has 1 aliphatic rings. The van der Waals surface area contributed by atoms with Gasteiger partial charge in [0.15, 0.2) is 0 Å². The average Bonchev–Trinajstić information content (AvgIpc) is 2.52. The summed E-state index contributed by atoms with van der Waals surface area (Å²) in [5.41, 5.74) is 1.53. The Bertz CT molecular complexity index is 421. The summed E-state index contributed by atoms with van der Waals surface area (Å²) in [6.45, 7) is 4.71. The van der Waals surface area contributed by atoms with E-state index in [-0.39, 0.29) is 5.41 Å². The summed E-state index contributed by atoms with van der Waals surface area (Å²) in [5.74, 6) is 0. The van der Waals surface area contributed by atoms with Crippen molar-refractivity contribution in [2.45, 2.75) is 32.1 Å². The lowest BCUT2D eigenvalue weighted by Gasteiger charge is -2.43. The third-order valence-electron chi connectivity index (χ3n) is 4.76. The quantitative estimate of drug-likeness (QED) is 0.748. The van der Waals surface area contributed by atoms with Gasteiger partial charge in [0.1, 0.15) is 0 Å². The monoisotopic (exact) mass is 304 g/mol. The number of likely N-dealkylation sites (tertiary alicyclic amines) is 1. The summed E-state index contributed by atoms with van der Waals surface area (Å²) in [6, 6.07) is 10.8.